The van der Waals surface area contributed by atoms with E-state index in [0.29, 0.717) is 5.92 Å². The van der Waals surface area contributed by atoms with E-state index in [1.807, 2.05) is 0 Å². The Labute approximate surface area is 187 Å². The normalized spacial score (nSPS) is 22.6. The van der Waals surface area contributed by atoms with Gasteiger partial charge in [-0.2, -0.15) is 0 Å². The van der Waals surface area contributed by atoms with E-state index >= 15 is 0 Å². The molecule has 4 aromatic rings. The van der Waals surface area contributed by atoms with Gasteiger partial charge in [0.2, 0.25) is 0 Å². The molecule has 3 aliphatic carbocycles. The van der Waals surface area contributed by atoms with Gasteiger partial charge < -0.3 is 0 Å². The number of hydrogen-bond acceptors (Lipinski definition) is 0. The molecule has 7 rings (SSSR count). The average molecular weight is 417 g/mol. The van der Waals surface area contributed by atoms with Gasteiger partial charge in [0.15, 0.2) is 0 Å². The van der Waals surface area contributed by atoms with Gasteiger partial charge >= 0.3 is 0 Å². The van der Waals surface area contributed by atoms with Crippen LogP contribution in [0.4, 0.5) is 0 Å². The molecule has 0 N–H and O–H groups in total. The van der Waals surface area contributed by atoms with Crippen LogP contribution in [-0.2, 0) is 5.41 Å². The summed E-state index contributed by atoms with van der Waals surface area (Å²) in [6.45, 7) is 2.33. The smallest absolute Gasteiger partial charge is 0.0694 e. The SMILES string of the molecule is CC1C=CC2=C(C1)C1(c3ccccc32)c2ccc(Cl)cc2-c2ccc3ccccc3c21. The lowest BCUT2D eigenvalue weighted by atomic mass is 9.66. The Kier molecular flexibility index (Phi) is 3.40. The van der Waals surface area contributed by atoms with Crippen molar-refractivity contribution in [3.05, 3.63) is 124 Å². The van der Waals surface area contributed by atoms with Crippen LogP contribution in [0.1, 0.15) is 35.6 Å². The number of halogens is 1. The Bertz CT molecular complexity index is 1490. The van der Waals surface area contributed by atoms with Crippen LogP contribution in [0, 0.1) is 5.92 Å². The first-order valence-corrected chi connectivity index (χ1v) is 11.4. The highest BCUT2D eigenvalue weighted by Crippen LogP contribution is 2.65. The molecule has 3 aliphatic rings. The van der Waals surface area contributed by atoms with Crippen LogP contribution in [0.2, 0.25) is 5.02 Å². The Balaban J connectivity index is 1.74. The van der Waals surface area contributed by atoms with Crippen molar-refractivity contribution in [1.82, 2.24) is 0 Å². The summed E-state index contributed by atoms with van der Waals surface area (Å²) in [5, 5.41) is 3.44. The zero-order valence-electron chi connectivity index (χ0n) is 17.3. The van der Waals surface area contributed by atoms with E-state index in [-0.39, 0.29) is 5.41 Å². The molecule has 0 aromatic heterocycles. The highest BCUT2D eigenvalue weighted by Gasteiger charge is 2.53. The summed E-state index contributed by atoms with van der Waals surface area (Å²) in [5.74, 6) is 0.528. The molecule has 148 valence electrons. The molecule has 0 nitrogen and oxygen atoms in total. The molecule has 0 saturated heterocycles. The van der Waals surface area contributed by atoms with Crippen LogP contribution in [-0.4, -0.2) is 0 Å². The zero-order chi connectivity index (χ0) is 20.7. The third kappa shape index (κ3) is 2.07. The number of hydrogen-bond donors (Lipinski definition) is 0. The second-order valence-corrected chi connectivity index (χ2v) is 9.56. The van der Waals surface area contributed by atoms with Crippen molar-refractivity contribution in [3.8, 4) is 11.1 Å². The lowest BCUT2D eigenvalue weighted by molar-refractivity contribution is 0.633. The lowest BCUT2D eigenvalue weighted by Crippen LogP contribution is -2.29. The van der Waals surface area contributed by atoms with E-state index in [4.69, 9.17) is 11.6 Å². The Morgan fingerprint density at radius 3 is 2.55 bits per heavy atom. The van der Waals surface area contributed by atoms with Gasteiger partial charge in [-0.3, -0.25) is 0 Å². The van der Waals surface area contributed by atoms with Gasteiger partial charge in [0.25, 0.3) is 0 Å². The maximum atomic E-state index is 6.54. The van der Waals surface area contributed by atoms with E-state index in [1.165, 1.54) is 49.7 Å². The molecule has 1 heteroatoms. The van der Waals surface area contributed by atoms with Crippen molar-refractivity contribution in [1.29, 1.82) is 0 Å². The number of fused-ring (bicyclic) bond motifs is 11. The molecule has 0 heterocycles. The van der Waals surface area contributed by atoms with Crippen molar-refractivity contribution in [2.75, 3.05) is 0 Å². The summed E-state index contributed by atoms with van der Waals surface area (Å²) in [7, 11) is 0. The van der Waals surface area contributed by atoms with E-state index in [2.05, 4.69) is 97.9 Å². The highest BCUT2D eigenvalue weighted by molar-refractivity contribution is 6.31. The molecule has 2 unspecified atom stereocenters. The van der Waals surface area contributed by atoms with E-state index < -0.39 is 0 Å². The minimum atomic E-state index is -0.249. The molecule has 0 saturated carbocycles. The molecule has 1 spiro atoms. The first-order valence-electron chi connectivity index (χ1n) is 11.0. The second-order valence-electron chi connectivity index (χ2n) is 9.13. The third-order valence-corrected chi connectivity index (χ3v) is 7.73. The summed E-state index contributed by atoms with van der Waals surface area (Å²) in [6, 6.07) is 29.0. The Morgan fingerprint density at radius 1 is 0.806 bits per heavy atom. The van der Waals surface area contributed by atoms with E-state index in [1.54, 1.807) is 5.57 Å². The van der Waals surface area contributed by atoms with Gasteiger partial charge in [0, 0.05) is 5.02 Å². The number of allylic oxidation sites excluding steroid dienone is 4. The summed E-state index contributed by atoms with van der Waals surface area (Å²) in [5.41, 5.74) is 10.9. The van der Waals surface area contributed by atoms with Gasteiger partial charge in [-0.25, -0.2) is 0 Å². The van der Waals surface area contributed by atoms with Crippen molar-refractivity contribution >= 4 is 27.9 Å². The van der Waals surface area contributed by atoms with Crippen molar-refractivity contribution in [3.63, 3.8) is 0 Å². The standard InChI is InChI=1S/C30H21Cl/c1-18-10-13-23-22-8-4-5-9-26(22)30(28(23)16-18)27-15-12-20(31)17-25(27)24-14-11-19-6-2-3-7-21(19)29(24)30/h2-15,17-18H,16H2,1H3. The van der Waals surface area contributed by atoms with Crippen LogP contribution in [0.3, 0.4) is 0 Å². The molecule has 4 aromatic carbocycles. The molecule has 0 amide bonds. The monoisotopic (exact) mass is 416 g/mol. The maximum absolute atomic E-state index is 6.54. The van der Waals surface area contributed by atoms with Crippen LogP contribution in [0.25, 0.3) is 27.5 Å². The van der Waals surface area contributed by atoms with Gasteiger partial charge in [0.05, 0.1) is 5.41 Å². The minimum Gasteiger partial charge on any atom is -0.0843 e. The van der Waals surface area contributed by atoms with Crippen LogP contribution in [0.5, 0.6) is 0 Å². The summed E-state index contributed by atoms with van der Waals surface area (Å²) in [6.07, 6.45) is 5.82. The highest BCUT2D eigenvalue weighted by atomic mass is 35.5. The van der Waals surface area contributed by atoms with E-state index in [0.717, 1.165) is 11.4 Å². The first kappa shape index (κ1) is 17.6. The maximum Gasteiger partial charge on any atom is 0.0694 e. The van der Waals surface area contributed by atoms with Crippen LogP contribution >= 0.6 is 11.6 Å². The van der Waals surface area contributed by atoms with Crippen LogP contribution < -0.4 is 0 Å². The third-order valence-electron chi connectivity index (χ3n) is 7.50. The fourth-order valence-electron chi connectivity index (χ4n) is 6.37. The topological polar surface area (TPSA) is 0 Å². The van der Waals surface area contributed by atoms with Crippen molar-refractivity contribution in [2.45, 2.75) is 18.8 Å². The van der Waals surface area contributed by atoms with Gasteiger partial charge in [-0.05, 0) is 79.8 Å². The lowest BCUT2D eigenvalue weighted by Gasteiger charge is -2.35. The predicted molar refractivity (Wildman–Crippen MR) is 131 cm³/mol. The van der Waals surface area contributed by atoms with Crippen molar-refractivity contribution in [2.24, 2.45) is 5.92 Å². The molecule has 2 atom stereocenters. The van der Waals surface area contributed by atoms with Crippen LogP contribution in [0.15, 0.2) is 96.6 Å². The van der Waals surface area contributed by atoms with Gasteiger partial charge in [0.1, 0.15) is 0 Å². The molecular weight excluding hydrogens is 396 g/mol. The molecule has 0 bridgehead atoms. The Hall–Kier alpha value is -3.09. The van der Waals surface area contributed by atoms with E-state index in [9.17, 15) is 0 Å². The van der Waals surface area contributed by atoms with Crippen molar-refractivity contribution < 1.29 is 0 Å². The molecule has 0 fully saturated rings. The zero-order valence-corrected chi connectivity index (χ0v) is 18.1. The largest absolute Gasteiger partial charge is 0.0843 e. The average Bonchev–Trinajstić information content (AvgIpc) is 3.25. The summed E-state index contributed by atoms with van der Waals surface area (Å²) in [4.78, 5) is 0. The molecule has 0 aliphatic heterocycles. The minimum absolute atomic E-state index is 0.249. The fraction of sp³-hybridized carbons (Fsp3) is 0.133. The Morgan fingerprint density at radius 2 is 1.61 bits per heavy atom. The van der Waals surface area contributed by atoms with Gasteiger partial charge in [-0.15, -0.1) is 0 Å². The summed E-state index contributed by atoms with van der Waals surface area (Å²) < 4.78 is 0. The molecule has 31 heavy (non-hydrogen) atoms. The predicted octanol–water partition coefficient (Wildman–Crippen LogP) is 8.17. The first-order chi connectivity index (χ1) is 15.2. The fourth-order valence-corrected chi connectivity index (χ4v) is 6.54. The summed E-state index contributed by atoms with van der Waals surface area (Å²) >= 11 is 6.54. The second kappa shape index (κ2) is 5.99. The molecule has 0 radical (unpaired) electrons. The molecular formula is C30H21Cl. The number of rotatable bonds is 0. The van der Waals surface area contributed by atoms with Gasteiger partial charge in [-0.1, -0.05) is 97.4 Å². The quantitative estimate of drug-likeness (QED) is 0.271. The number of benzene rings is 4.